The van der Waals surface area contributed by atoms with Crippen LogP contribution in [0.2, 0.25) is 10.0 Å². The lowest BCUT2D eigenvalue weighted by atomic mass is 10.2. The minimum absolute atomic E-state index is 0.0486. The van der Waals surface area contributed by atoms with E-state index in [0.29, 0.717) is 17.3 Å². The van der Waals surface area contributed by atoms with Gasteiger partial charge < -0.3 is 10.1 Å². The Hall–Kier alpha value is -0.830. The fourth-order valence-electron chi connectivity index (χ4n) is 1.85. The molecule has 0 unspecified atom stereocenters. The highest BCUT2D eigenvalue weighted by Gasteiger charge is 2.32. The van der Waals surface area contributed by atoms with E-state index in [1.165, 1.54) is 12.1 Å². The van der Waals surface area contributed by atoms with E-state index in [9.17, 15) is 23.5 Å². The number of hydrogen-bond donors (Lipinski definition) is 2. The molecule has 2 rings (SSSR count). The summed E-state index contributed by atoms with van der Waals surface area (Å²) in [6, 6.07) is 3.71. The van der Waals surface area contributed by atoms with E-state index in [0.717, 1.165) is 6.07 Å². The predicted octanol–water partition coefficient (Wildman–Crippen LogP) is 4.99. The highest BCUT2D eigenvalue weighted by molar-refractivity contribution is 7.99. The molecule has 134 valence electrons. The molecule has 2 aromatic rings. The molecule has 0 saturated carbocycles. The molecule has 11 heteroatoms. The lowest BCUT2D eigenvalue weighted by molar-refractivity contribution is 0.0891. The molecule has 1 aromatic carbocycles. The molecule has 0 bridgehead atoms. The van der Waals surface area contributed by atoms with Crippen molar-refractivity contribution in [2.75, 3.05) is 0 Å². The average Bonchev–Trinajstić information content (AvgIpc) is 2.49. The fourth-order valence-corrected chi connectivity index (χ4v) is 3.93. The topological polar surface area (TPSA) is 70.2 Å². The van der Waals surface area contributed by atoms with Crippen LogP contribution in [0.15, 0.2) is 32.8 Å². The normalized spacial score (nSPS) is 11.6. The van der Waals surface area contributed by atoms with Gasteiger partial charge in [-0.3, -0.25) is 9.59 Å². The zero-order chi connectivity index (χ0) is 18.9. The van der Waals surface area contributed by atoms with Crippen LogP contribution in [0.4, 0.5) is 8.78 Å². The Labute approximate surface area is 164 Å². The van der Waals surface area contributed by atoms with Crippen LogP contribution in [0.3, 0.4) is 0 Å². The summed E-state index contributed by atoms with van der Waals surface area (Å²) >= 11 is 23.2. The smallest absolute Gasteiger partial charge is 0.362 e. The van der Waals surface area contributed by atoms with Crippen molar-refractivity contribution in [1.82, 2.24) is 4.98 Å². The summed E-state index contributed by atoms with van der Waals surface area (Å²) in [5.41, 5.74) is -2.29. The second kappa shape index (κ2) is 7.82. The standard InChI is InChI=1S/C14H7Cl4F2NO3S/c15-6-2-1-5(4-22)10(16)11(6)25-7-3-8(14(18,19)20)21-13(24)9(7)12(17)23/h1-3,22H,4H2,(H,21,24). The van der Waals surface area contributed by atoms with Gasteiger partial charge in [0.2, 0.25) is 0 Å². The van der Waals surface area contributed by atoms with Crippen molar-refractivity contribution < 1.29 is 18.7 Å². The maximum Gasteiger partial charge on any atom is 0.362 e. The van der Waals surface area contributed by atoms with Crippen molar-refractivity contribution in [1.29, 1.82) is 0 Å². The molecule has 0 atom stereocenters. The first-order valence-electron chi connectivity index (χ1n) is 6.36. The number of aromatic nitrogens is 1. The molecule has 0 aliphatic heterocycles. The average molecular weight is 449 g/mol. The molecule has 1 heterocycles. The molecule has 25 heavy (non-hydrogen) atoms. The van der Waals surface area contributed by atoms with Gasteiger partial charge in [-0.25, -0.2) is 0 Å². The van der Waals surface area contributed by atoms with E-state index >= 15 is 0 Å². The van der Waals surface area contributed by atoms with E-state index in [2.05, 4.69) is 0 Å². The van der Waals surface area contributed by atoms with E-state index < -0.39 is 34.0 Å². The molecule has 0 fully saturated rings. The maximum atomic E-state index is 13.3. The highest BCUT2D eigenvalue weighted by Crippen LogP contribution is 2.42. The Kier molecular flexibility index (Phi) is 6.40. The second-order valence-electron chi connectivity index (χ2n) is 4.63. The van der Waals surface area contributed by atoms with Gasteiger partial charge in [0.25, 0.3) is 10.8 Å². The molecule has 0 aliphatic carbocycles. The van der Waals surface area contributed by atoms with Crippen molar-refractivity contribution in [2.45, 2.75) is 21.8 Å². The number of aliphatic hydroxyl groups excluding tert-OH is 1. The molecular formula is C14H7Cl4F2NO3S. The number of alkyl halides is 3. The highest BCUT2D eigenvalue weighted by atomic mass is 35.5. The molecule has 0 saturated heterocycles. The summed E-state index contributed by atoms with van der Waals surface area (Å²) < 4.78 is 26.7. The van der Waals surface area contributed by atoms with Crippen LogP contribution < -0.4 is 5.56 Å². The third-order valence-corrected chi connectivity index (χ3v) is 5.54. The fraction of sp³-hybridized carbons (Fsp3) is 0.143. The zero-order valence-electron chi connectivity index (χ0n) is 11.9. The van der Waals surface area contributed by atoms with Crippen molar-refractivity contribution in [3.63, 3.8) is 0 Å². The monoisotopic (exact) mass is 447 g/mol. The van der Waals surface area contributed by atoms with Gasteiger partial charge in [0.05, 0.1) is 16.7 Å². The minimum Gasteiger partial charge on any atom is -0.392 e. The number of benzene rings is 1. The first kappa shape index (κ1) is 20.5. The summed E-state index contributed by atoms with van der Waals surface area (Å²) in [4.78, 5) is 25.3. The van der Waals surface area contributed by atoms with E-state index in [1.807, 2.05) is 4.98 Å². The van der Waals surface area contributed by atoms with Crippen molar-refractivity contribution >= 4 is 63.4 Å². The lowest BCUT2D eigenvalue weighted by Crippen LogP contribution is -2.21. The molecule has 1 aromatic heterocycles. The number of aromatic amines is 1. The van der Waals surface area contributed by atoms with Crippen molar-refractivity contribution in [3.8, 4) is 0 Å². The predicted molar refractivity (Wildman–Crippen MR) is 93.5 cm³/mol. The quantitative estimate of drug-likeness (QED) is 0.499. The Morgan fingerprint density at radius 3 is 2.48 bits per heavy atom. The molecule has 2 N–H and O–H groups in total. The van der Waals surface area contributed by atoms with Gasteiger partial charge >= 0.3 is 5.38 Å². The Bertz CT molecular complexity index is 899. The summed E-state index contributed by atoms with van der Waals surface area (Å²) in [5.74, 6) is 0. The van der Waals surface area contributed by atoms with Crippen LogP contribution >= 0.6 is 58.2 Å². The number of rotatable bonds is 5. The van der Waals surface area contributed by atoms with E-state index in [1.54, 1.807) is 0 Å². The van der Waals surface area contributed by atoms with Gasteiger partial charge in [0, 0.05) is 9.79 Å². The largest absolute Gasteiger partial charge is 0.392 e. The van der Waals surface area contributed by atoms with Gasteiger partial charge in [-0.15, -0.1) is 0 Å². The third kappa shape index (κ3) is 4.48. The number of halogens is 6. The Morgan fingerprint density at radius 2 is 1.96 bits per heavy atom. The number of H-pyrrole nitrogens is 1. The van der Waals surface area contributed by atoms with Crippen LogP contribution in [0.1, 0.15) is 21.6 Å². The minimum atomic E-state index is -3.87. The van der Waals surface area contributed by atoms with Gasteiger partial charge in [-0.2, -0.15) is 8.78 Å². The molecular weight excluding hydrogens is 442 g/mol. The van der Waals surface area contributed by atoms with Gasteiger partial charge in [-0.1, -0.05) is 41.0 Å². The third-order valence-electron chi connectivity index (χ3n) is 3.01. The van der Waals surface area contributed by atoms with Crippen molar-refractivity contribution in [3.05, 3.63) is 55.4 Å². The Balaban J connectivity index is 2.69. The number of nitrogens with one attached hydrogen (secondary N) is 1. The van der Waals surface area contributed by atoms with Gasteiger partial charge in [0.15, 0.2) is 0 Å². The van der Waals surface area contributed by atoms with Gasteiger partial charge in [-0.05, 0) is 40.9 Å². The first-order chi connectivity index (χ1) is 11.6. The number of pyridine rings is 1. The number of hydrogen-bond acceptors (Lipinski definition) is 4. The lowest BCUT2D eigenvalue weighted by Gasteiger charge is -2.14. The molecule has 0 amide bonds. The van der Waals surface area contributed by atoms with Crippen LogP contribution in [0, 0.1) is 0 Å². The number of aliphatic hydroxyl groups is 1. The summed E-state index contributed by atoms with van der Waals surface area (Å²) in [6.45, 7) is -0.398. The van der Waals surface area contributed by atoms with Crippen LogP contribution in [0.5, 0.6) is 0 Å². The number of carbonyl (C=O) groups is 1. The molecule has 0 radical (unpaired) electrons. The van der Waals surface area contributed by atoms with E-state index in [4.69, 9.17) is 46.4 Å². The van der Waals surface area contributed by atoms with E-state index in [-0.39, 0.29) is 19.8 Å². The summed E-state index contributed by atoms with van der Waals surface area (Å²) in [5, 5.41) is 4.40. The molecule has 0 aliphatic rings. The zero-order valence-corrected chi connectivity index (χ0v) is 15.7. The van der Waals surface area contributed by atoms with Crippen LogP contribution in [0.25, 0.3) is 0 Å². The molecule has 0 spiro atoms. The first-order valence-corrected chi connectivity index (χ1v) is 8.69. The molecule has 4 nitrogen and oxygen atoms in total. The van der Waals surface area contributed by atoms with Crippen molar-refractivity contribution in [2.24, 2.45) is 0 Å². The Morgan fingerprint density at radius 1 is 1.32 bits per heavy atom. The summed E-state index contributed by atoms with van der Waals surface area (Å²) in [7, 11) is 0. The maximum absolute atomic E-state index is 13.3. The van der Waals surface area contributed by atoms with Crippen LogP contribution in [-0.2, 0) is 12.0 Å². The summed E-state index contributed by atoms with van der Waals surface area (Å²) in [6.07, 6.45) is 0. The second-order valence-corrected chi connectivity index (χ2v) is 7.29. The van der Waals surface area contributed by atoms with Crippen LogP contribution in [-0.4, -0.2) is 15.3 Å². The van der Waals surface area contributed by atoms with Gasteiger partial charge in [0.1, 0.15) is 11.3 Å². The SMILES string of the molecule is O=C(Cl)c1c(Sc2c(Cl)ccc(CO)c2Cl)cc(C(F)(F)Cl)[nH]c1=O. The number of carbonyl (C=O) groups excluding carboxylic acids is 1.